The van der Waals surface area contributed by atoms with Crippen molar-refractivity contribution in [3.8, 4) is 6.07 Å². The predicted octanol–water partition coefficient (Wildman–Crippen LogP) is -0.0955. The summed E-state index contributed by atoms with van der Waals surface area (Å²) in [6.07, 6.45) is 2.67. The number of hydrogen-bond acceptors (Lipinski definition) is 5. The number of nitriles is 1. The minimum atomic E-state index is -0.497. The summed E-state index contributed by atoms with van der Waals surface area (Å²) in [4.78, 5) is 17.5. The van der Waals surface area contributed by atoms with Crippen molar-refractivity contribution in [3.05, 3.63) is 24.0 Å². The van der Waals surface area contributed by atoms with Crippen LogP contribution < -0.4 is 10.2 Å². The van der Waals surface area contributed by atoms with Crippen LogP contribution in [-0.4, -0.2) is 43.7 Å². The van der Waals surface area contributed by atoms with Gasteiger partial charge in [-0.15, -0.1) is 0 Å². The maximum absolute atomic E-state index is 11.6. The second kappa shape index (κ2) is 5.47. The summed E-state index contributed by atoms with van der Waals surface area (Å²) >= 11 is 0. The van der Waals surface area contributed by atoms with E-state index in [1.165, 1.54) is 6.20 Å². The number of carbonyl (C=O) groups excluding carboxylic acids is 1. The van der Waals surface area contributed by atoms with Gasteiger partial charge in [-0.1, -0.05) is 0 Å². The summed E-state index contributed by atoms with van der Waals surface area (Å²) in [5.74, 6) is -0.146. The van der Waals surface area contributed by atoms with Crippen LogP contribution in [-0.2, 0) is 9.53 Å². The third-order valence-corrected chi connectivity index (χ3v) is 2.86. The van der Waals surface area contributed by atoms with Crippen molar-refractivity contribution in [1.29, 1.82) is 5.26 Å². The molecule has 1 amide bonds. The molecule has 1 saturated heterocycles. The normalized spacial score (nSPS) is 19.1. The van der Waals surface area contributed by atoms with E-state index in [2.05, 4.69) is 16.4 Å². The molecule has 0 radical (unpaired) electrons. The summed E-state index contributed by atoms with van der Waals surface area (Å²) < 4.78 is 5.40. The lowest BCUT2D eigenvalue weighted by atomic mass is 10.2. The first-order chi connectivity index (χ1) is 8.76. The number of nitrogens with one attached hydrogen (secondary N) is 1. The topological polar surface area (TPSA) is 78.3 Å². The van der Waals surface area contributed by atoms with Gasteiger partial charge in [0.05, 0.1) is 24.4 Å². The van der Waals surface area contributed by atoms with Gasteiger partial charge in [0.25, 0.3) is 5.91 Å². The number of anilines is 1. The van der Waals surface area contributed by atoms with E-state index in [9.17, 15) is 4.79 Å². The Kier molecular flexibility index (Phi) is 3.75. The van der Waals surface area contributed by atoms with Crippen LogP contribution in [0.2, 0.25) is 0 Å². The van der Waals surface area contributed by atoms with E-state index in [1.54, 1.807) is 19.3 Å². The van der Waals surface area contributed by atoms with E-state index in [0.29, 0.717) is 25.3 Å². The zero-order valence-corrected chi connectivity index (χ0v) is 10.1. The minimum absolute atomic E-state index is 0.146. The van der Waals surface area contributed by atoms with Crippen molar-refractivity contribution in [2.24, 2.45) is 0 Å². The Morgan fingerprint density at radius 1 is 1.72 bits per heavy atom. The lowest BCUT2D eigenvalue weighted by Crippen LogP contribution is -2.49. The van der Waals surface area contributed by atoms with Crippen LogP contribution >= 0.6 is 0 Å². The number of nitrogens with zero attached hydrogens (tertiary/aromatic N) is 3. The number of rotatable bonds is 2. The van der Waals surface area contributed by atoms with Gasteiger partial charge < -0.3 is 15.0 Å². The van der Waals surface area contributed by atoms with Crippen LogP contribution in [0.15, 0.2) is 18.5 Å². The molecule has 1 fully saturated rings. The fourth-order valence-corrected chi connectivity index (χ4v) is 1.94. The van der Waals surface area contributed by atoms with Crippen molar-refractivity contribution in [1.82, 2.24) is 10.3 Å². The van der Waals surface area contributed by atoms with E-state index in [4.69, 9.17) is 10.00 Å². The Bertz CT molecular complexity index is 483. The van der Waals surface area contributed by atoms with Gasteiger partial charge in [-0.2, -0.15) is 5.26 Å². The summed E-state index contributed by atoms with van der Waals surface area (Å²) in [6, 6.07) is 3.89. The molecule has 0 bridgehead atoms. The predicted molar refractivity (Wildman–Crippen MR) is 65.0 cm³/mol. The fraction of sp³-hybridized carbons (Fsp3) is 0.417. The molecular formula is C12H14N4O2. The number of carbonyl (C=O) groups is 1. The molecule has 0 aliphatic carbocycles. The molecule has 1 unspecified atom stereocenters. The van der Waals surface area contributed by atoms with Crippen molar-refractivity contribution in [2.75, 3.05) is 31.6 Å². The van der Waals surface area contributed by atoms with Gasteiger partial charge in [0, 0.05) is 26.0 Å². The largest absolute Gasteiger partial charge is 0.365 e. The molecule has 0 spiro atoms. The molecule has 6 heteroatoms. The Labute approximate surface area is 105 Å². The first-order valence-electron chi connectivity index (χ1n) is 5.68. The average molecular weight is 246 g/mol. The standard InChI is InChI=1S/C12H14N4O2/c1-14-12(17)11-8-16(4-5-18-11)10-2-3-15-7-9(10)6-13/h2-3,7,11H,4-5,8H2,1H3,(H,14,17). The Balaban J connectivity index is 2.18. The van der Waals surface area contributed by atoms with Crippen LogP contribution in [0.3, 0.4) is 0 Å². The molecule has 6 nitrogen and oxygen atoms in total. The minimum Gasteiger partial charge on any atom is -0.365 e. The Morgan fingerprint density at radius 2 is 2.56 bits per heavy atom. The number of pyridine rings is 1. The van der Waals surface area contributed by atoms with Gasteiger partial charge in [-0.3, -0.25) is 9.78 Å². The molecule has 2 rings (SSSR count). The van der Waals surface area contributed by atoms with Crippen LogP contribution in [0.5, 0.6) is 0 Å². The number of ether oxygens (including phenoxy) is 1. The first kappa shape index (κ1) is 12.3. The van der Waals surface area contributed by atoms with E-state index in [0.717, 1.165) is 5.69 Å². The van der Waals surface area contributed by atoms with Crippen LogP contribution in [0.1, 0.15) is 5.56 Å². The third-order valence-electron chi connectivity index (χ3n) is 2.86. The fourth-order valence-electron chi connectivity index (χ4n) is 1.94. The first-order valence-corrected chi connectivity index (χ1v) is 5.68. The number of likely N-dealkylation sites (N-methyl/N-ethyl adjacent to an activating group) is 1. The Hall–Kier alpha value is -2.13. The van der Waals surface area contributed by atoms with E-state index in [1.807, 2.05) is 4.90 Å². The summed E-state index contributed by atoms with van der Waals surface area (Å²) in [6.45, 7) is 1.57. The number of aromatic nitrogens is 1. The summed E-state index contributed by atoms with van der Waals surface area (Å²) in [5.41, 5.74) is 1.31. The highest BCUT2D eigenvalue weighted by Gasteiger charge is 2.27. The smallest absolute Gasteiger partial charge is 0.250 e. The highest BCUT2D eigenvalue weighted by Crippen LogP contribution is 2.21. The number of hydrogen-bond donors (Lipinski definition) is 1. The van der Waals surface area contributed by atoms with E-state index >= 15 is 0 Å². The molecular weight excluding hydrogens is 232 g/mol. The van der Waals surface area contributed by atoms with Crippen molar-refractivity contribution in [2.45, 2.75) is 6.10 Å². The molecule has 0 aromatic carbocycles. The molecule has 18 heavy (non-hydrogen) atoms. The third kappa shape index (κ3) is 2.41. The van der Waals surface area contributed by atoms with Gasteiger partial charge in [0.2, 0.25) is 0 Å². The molecule has 1 aliphatic heterocycles. The van der Waals surface area contributed by atoms with Crippen LogP contribution in [0.4, 0.5) is 5.69 Å². The van der Waals surface area contributed by atoms with Crippen molar-refractivity contribution < 1.29 is 9.53 Å². The molecule has 1 aromatic heterocycles. The monoisotopic (exact) mass is 246 g/mol. The maximum Gasteiger partial charge on any atom is 0.250 e. The lowest BCUT2D eigenvalue weighted by molar-refractivity contribution is -0.132. The summed E-state index contributed by atoms with van der Waals surface area (Å²) in [5, 5.41) is 11.6. The SMILES string of the molecule is CNC(=O)C1CN(c2ccncc2C#N)CCO1. The Morgan fingerprint density at radius 3 is 3.28 bits per heavy atom. The second-order valence-electron chi connectivity index (χ2n) is 3.92. The van der Waals surface area contributed by atoms with Crippen LogP contribution in [0, 0.1) is 11.3 Å². The molecule has 1 aliphatic rings. The highest BCUT2D eigenvalue weighted by molar-refractivity contribution is 5.81. The molecule has 0 saturated carbocycles. The van der Waals surface area contributed by atoms with E-state index in [-0.39, 0.29) is 5.91 Å². The molecule has 94 valence electrons. The van der Waals surface area contributed by atoms with Crippen molar-refractivity contribution >= 4 is 11.6 Å². The molecule has 1 aromatic rings. The van der Waals surface area contributed by atoms with Crippen molar-refractivity contribution in [3.63, 3.8) is 0 Å². The molecule has 1 N–H and O–H groups in total. The van der Waals surface area contributed by atoms with Gasteiger partial charge >= 0.3 is 0 Å². The van der Waals surface area contributed by atoms with Gasteiger partial charge in [0.1, 0.15) is 6.07 Å². The van der Waals surface area contributed by atoms with Gasteiger partial charge in [-0.25, -0.2) is 0 Å². The average Bonchev–Trinajstić information content (AvgIpc) is 2.46. The van der Waals surface area contributed by atoms with E-state index < -0.39 is 6.10 Å². The summed E-state index contributed by atoms with van der Waals surface area (Å²) in [7, 11) is 1.58. The van der Waals surface area contributed by atoms with Crippen LogP contribution in [0.25, 0.3) is 0 Å². The highest BCUT2D eigenvalue weighted by atomic mass is 16.5. The number of morpholine rings is 1. The van der Waals surface area contributed by atoms with Gasteiger partial charge in [0.15, 0.2) is 6.10 Å². The number of amides is 1. The lowest BCUT2D eigenvalue weighted by Gasteiger charge is -2.33. The quantitative estimate of drug-likeness (QED) is 0.788. The second-order valence-corrected chi connectivity index (χ2v) is 3.92. The molecule has 2 heterocycles. The molecule has 1 atom stereocenters. The maximum atomic E-state index is 11.6. The van der Waals surface area contributed by atoms with Gasteiger partial charge in [-0.05, 0) is 6.07 Å². The zero-order chi connectivity index (χ0) is 13.0. The zero-order valence-electron chi connectivity index (χ0n) is 10.1.